The third kappa shape index (κ3) is 2.32. The third-order valence-corrected chi connectivity index (χ3v) is 5.47. The summed E-state index contributed by atoms with van der Waals surface area (Å²) in [5.74, 6) is 0.706. The Bertz CT molecular complexity index is 1080. The third-order valence-electron chi connectivity index (χ3n) is 5.47. The minimum Gasteiger partial charge on any atom is -0.264 e. The van der Waals surface area contributed by atoms with E-state index in [0.717, 1.165) is 29.6 Å². The lowest BCUT2D eigenvalue weighted by molar-refractivity contribution is 0.503. The standard InChI is InChI=1S/C23H20N2/c1-15-8-10-19-20(13-15)23(17-6-4-12-24-14-17)25-21-11-9-16-5-2-3-7-18(16)22(19)21/h2-7,9,11-12,14-15H,8,10,13H2,1H3. The maximum atomic E-state index is 5.10. The lowest BCUT2D eigenvalue weighted by atomic mass is 9.80. The molecule has 0 amide bonds. The number of rotatable bonds is 1. The van der Waals surface area contributed by atoms with E-state index in [0.29, 0.717) is 5.92 Å². The van der Waals surface area contributed by atoms with Crippen LogP contribution in [0.2, 0.25) is 0 Å². The van der Waals surface area contributed by atoms with Crippen molar-refractivity contribution in [2.24, 2.45) is 5.92 Å². The second-order valence-electron chi connectivity index (χ2n) is 7.19. The summed E-state index contributed by atoms with van der Waals surface area (Å²) in [5, 5.41) is 3.98. The monoisotopic (exact) mass is 324 g/mol. The second-order valence-corrected chi connectivity index (χ2v) is 7.19. The molecule has 0 aliphatic heterocycles. The highest BCUT2D eigenvalue weighted by Crippen LogP contribution is 2.39. The van der Waals surface area contributed by atoms with E-state index in [1.54, 1.807) is 0 Å². The minimum absolute atomic E-state index is 0.706. The van der Waals surface area contributed by atoms with Crippen LogP contribution in [0.25, 0.3) is 32.9 Å². The predicted octanol–water partition coefficient (Wildman–Crippen LogP) is 5.57. The molecule has 0 saturated carbocycles. The first-order valence-electron chi connectivity index (χ1n) is 9.05. The van der Waals surface area contributed by atoms with E-state index in [1.807, 2.05) is 18.5 Å². The molecule has 1 atom stereocenters. The molecule has 5 rings (SSSR count). The second kappa shape index (κ2) is 5.66. The van der Waals surface area contributed by atoms with Crippen molar-refractivity contribution < 1.29 is 0 Å². The minimum atomic E-state index is 0.706. The van der Waals surface area contributed by atoms with Crippen LogP contribution >= 0.6 is 0 Å². The molecule has 2 aromatic heterocycles. The number of fused-ring (bicyclic) bond motifs is 5. The van der Waals surface area contributed by atoms with Crippen LogP contribution in [0.4, 0.5) is 0 Å². The molecule has 2 aromatic carbocycles. The summed E-state index contributed by atoms with van der Waals surface area (Å²) in [7, 11) is 0. The van der Waals surface area contributed by atoms with Crippen molar-refractivity contribution in [1.82, 2.24) is 9.97 Å². The van der Waals surface area contributed by atoms with E-state index in [4.69, 9.17) is 4.98 Å². The summed E-state index contributed by atoms with van der Waals surface area (Å²) in [6.07, 6.45) is 7.26. The van der Waals surface area contributed by atoms with Crippen molar-refractivity contribution in [2.75, 3.05) is 0 Å². The molecule has 2 nitrogen and oxygen atoms in total. The van der Waals surface area contributed by atoms with Crippen molar-refractivity contribution in [1.29, 1.82) is 0 Å². The lowest BCUT2D eigenvalue weighted by Crippen LogP contribution is -2.14. The largest absolute Gasteiger partial charge is 0.264 e. The zero-order chi connectivity index (χ0) is 16.8. The zero-order valence-corrected chi connectivity index (χ0v) is 14.4. The van der Waals surface area contributed by atoms with E-state index >= 15 is 0 Å². The zero-order valence-electron chi connectivity index (χ0n) is 14.4. The summed E-state index contributed by atoms with van der Waals surface area (Å²) in [6, 6.07) is 17.2. The highest BCUT2D eigenvalue weighted by atomic mass is 14.7. The number of aromatic nitrogens is 2. The fourth-order valence-corrected chi connectivity index (χ4v) is 4.23. The summed E-state index contributed by atoms with van der Waals surface area (Å²) >= 11 is 0. The summed E-state index contributed by atoms with van der Waals surface area (Å²) in [5.41, 5.74) is 6.28. The Morgan fingerprint density at radius 3 is 2.76 bits per heavy atom. The highest BCUT2D eigenvalue weighted by Gasteiger charge is 2.23. The van der Waals surface area contributed by atoms with Crippen LogP contribution in [0, 0.1) is 5.92 Å². The molecule has 122 valence electrons. The summed E-state index contributed by atoms with van der Waals surface area (Å²) < 4.78 is 0. The molecule has 0 saturated heterocycles. The maximum absolute atomic E-state index is 5.10. The average Bonchev–Trinajstić information content (AvgIpc) is 2.67. The van der Waals surface area contributed by atoms with Gasteiger partial charge in [-0.2, -0.15) is 0 Å². The van der Waals surface area contributed by atoms with Gasteiger partial charge in [-0.1, -0.05) is 37.3 Å². The number of nitrogens with zero attached hydrogens (tertiary/aromatic N) is 2. The van der Waals surface area contributed by atoms with E-state index in [-0.39, 0.29) is 0 Å². The fourth-order valence-electron chi connectivity index (χ4n) is 4.23. The summed E-state index contributed by atoms with van der Waals surface area (Å²) in [6.45, 7) is 2.35. The van der Waals surface area contributed by atoms with E-state index in [2.05, 4.69) is 54.4 Å². The number of aryl methyl sites for hydroxylation is 1. The Morgan fingerprint density at radius 1 is 0.960 bits per heavy atom. The van der Waals surface area contributed by atoms with Gasteiger partial charge in [-0.15, -0.1) is 0 Å². The van der Waals surface area contributed by atoms with Gasteiger partial charge in [0.1, 0.15) is 0 Å². The molecule has 0 radical (unpaired) electrons. The van der Waals surface area contributed by atoms with Crippen LogP contribution in [0.15, 0.2) is 60.9 Å². The quantitative estimate of drug-likeness (QED) is 0.427. The first-order chi connectivity index (χ1) is 12.3. The van der Waals surface area contributed by atoms with Gasteiger partial charge in [0.25, 0.3) is 0 Å². The Morgan fingerprint density at radius 2 is 1.88 bits per heavy atom. The van der Waals surface area contributed by atoms with Gasteiger partial charge < -0.3 is 0 Å². The number of hydrogen-bond acceptors (Lipinski definition) is 2. The molecule has 0 bridgehead atoms. The van der Waals surface area contributed by atoms with Crippen LogP contribution in [-0.2, 0) is 12.8 Å². The van der Waals surface area contributed by atoms with Crippen LogP contribution in [0.3, 0.4) is 0 Å². The highest BCUT2D eigenvalue weighted by molar-refractivity contribution is 6.09. The van der Waals surface area contributed by atoms with Crippen molar-refractivity contribution >= 4 is 21.7 Å². The first kappa shape index (κ1) is 14.6. The van der Waals surface area contributed by atoms with E-state index in [9.17, 15) is 0 Å². The van der Waals surface area contributed by atoms with Gasteiger partial charge >= 0.3 is 0 Å². The van der Waals surface area contributed by atoms with Crippen LogP contribution in [-0.4, -0.2) is 9.97 Å². The average molecular weight is 324 g/mol. The Balaban J connectivity index is 1.91. The topological polar surface area (TPSA) is 25.8 Å². The molecule has 1 unspecified atom stereocenters. The van der Waals surface area contributed by atoms with Crippen molar-refractivity contribution in [3.8, 4) is 11.3 Å². The van der Waals surface area contributed by atoms with Gasteiger partial charge in [0, 0.05) is 23.3 Å². The van der Waals surface area contributed by atoms with Gasteiger partial charge in [-0.05, 0) is 65.3 Å². The SMILES string of the molecule is CC1CCc2c(c(-c3cccnc3)nc3ccc4ccccc4c23)C1. The van der Waals surface area contributed by atoms with Crippen LogP contribution < -0.4 is 0 Å². The molecule has 2 heteroatoms. The molecule has 4 aromatic rings. The molecule has 25 heavy (non-hydrogen) atoms. The maximum Gasteiger partial charge on any atom is 0.0760 e. The van der Waals surface area contributed by atoms with Gasteiger partial charge in [0.05, 0.1) is 11.2 Å². The van der Waals surface area contributed by atoms with Gasteiger partial charge in [-0.25, -0.2) is 4.98 Å². The Kier molecular flexibility index (Phi) is 3.30. The molecular weight excluding hydrogens is 304 g/mol. The Hall–Kier alpha value is -2.74. The fraction of sp³-hybridized carbons (Fsp3) is 0.217. The van der Waals surface area contributed by atoms with Gasteiger partial charge in [0.2, 0.25) is 0 Å². The lowest BCUT2D eigenvalue weighted by Gasteiger charge is -2.26. The molecule has 0 N–H and O–H groups in total. The first-order valence-corrected chi connectivity index (χ1v) is 9.05. The van der Waals surface area contributed by atoms with Crippen molar-refractivity contribution in [2.45, 2.75) is 26.2 Å². The normalized spacial score (nSPS) is 16.9. The number of hydrogen-bond donors (Lipinski definition) is 0. The summed E-state index contributed by atoms with van der Waals surface area (Å²) in [4.78, 5) is 9.42. The van der Waals surface area contributed by atoms with Crippen molar-refractivity contribution in [3.63, 3.8) is 0 Å². The molecular formula is C23H20N2. The van der Waals surface area contributed by atoms with E-state index < -0.39 is 0 Å². The predicted molar refractivity (Wildman–Crippen MR) is 104 cm³/mol. The van der Waals surface area contributed by atoms with Crippen LogP contribution in [0.1, 0.15) is 24.5 Å². The van der Waals surface area contributed by atoms with Gasteiger partial charge in [-0.3, -0.25) is 4.98 Å². The molecule has 0 spiro atoms. The Labute approximate surface area is 147 Å². The van der Waals surface area contributed by atoms with Crippen LogP contribution in [0.5, 0.6) is 0 Å². The molecule has 1 aliphatic carbocycles. The van der Waals surface area contributed by atoms with Crippen molar-refractivity contribution in [3.05, 3.63) is 72.1 Å². The van der Waals surface area contributed by atoms with E-state index in [1.165, 1.54) is 33.7 Å². The van der Waals surface area contributed by atoms with Gasteiger partial charge in [0.15, 0.2) is 0 Å². The smallest absolute Gasteiger partial charge is 0.0760 e. The molecule has 1 aliphatic rings. The molecule has 2 heterocycles. The number of benzene rings is 2. The molecule has 0 fully saturated rings. The number of pyridine rings is 2.